The first kappa shape index (κ1) is 25.4. The zero-order chi connectivity index (χ0) is 28.0. The number of aliphatic hydroxyl groups excluding tert-OH is 1. The predicted octanol–water partition coefficient (Wildman–Crippen LogP) is 4.22. The van der Waals surface area contributed by atoms with E-state index in [0.717, 1.165) is 24.0 Å². The third kappa shape index (κ3) is 4.50. The Balaban J connectivity index is 1.43. The molecule has 0 saturated heterocycles. The van der Waals surface area contributed by atoms with Gasteiger partial charge < -0.3 is 15.4 Å². The minimum atomic E-state index is -0.549. The topological polar surface area (TPSA) is 136 Å². The summed E-state index contributed by atoms with van der Waals surface area (Å²) < 4.78 is 18.3. The molecule has 0 aliphatic heterocycles. The van der Waals surface area contributed by atoms with Crippen molar-refractivity contribution in [2.45, 2.75) is 45.3 Å². The summed E-state index contributed by atoms with van der Waals surface area (Å²) in [6.45, 7) is 2.18. The average molecular weight is 536 g/mol. The van der Waals surface area contributed by atoms with Gasteiger partial charge in [-0.25, -0.2) is 9.37 Å². The summed E-state index contributed by atoms with van der Waals surface area (Å²) in [4.78, 5) is 26.7. The molecule has 40 heavy (non-hydrogen) atoms. The second kappa shape index (κ2) is 10.0. The fraction of sp³-hybridized carbons (Fsp3) is 0.233. The van der Waals surface area contributed by atoms with Gasteiger partial charge in [0, 0.05) is 36.5 Å². The lowest BCUT2D eigenvalue weighted by molar-refractivity contribution is 0.282. The van der Waals surface area contributed by atoms with Crippen molar-refractivity contribution in [1.29, 1.82) is 5.26 Å². The van der Waals surface area contributed by atoms with Gasteiger partial charge >= 0.3 is 0 Å². The highest BCUT2D eigenvalue weighted by atomic mass is 19.1. The molecule has 3 N–H and O–H groups in total. The van der Waals surface area contributed by atoms with Crippen LogP contribution in [0.3, 0.4) is 0 Å². The van der Waals surface area contributed by atoms with Gasteiger partial charge in [0.1, 0.15) is 23.4 Å². The molecule has 1 aliphatic rings. The van der Waals surface area contributed by atoms with Crippen LogP contribution in [0.25, 0.3) is 27.8 Å². The van der Waals surface area contributed by atoms with E-state index < -0.39 is 18.0 Å². The number of nitrogen functional groups attached to an aromatic ring is 1. The van der Waals surface area contributed by atoms with Crippen molar-refractivity contribution in [2.75, 3.05) is 5.73 Å². The molecule has 0 bridgehead atoms. The van der Waals surface area contributed by atoms with Crippen LogP contribution in [0.1, 0.15) is 53.9 Å². The summed E-state index contributed by atoms with van der Waals surface area (Å²) in [6.07, 6.45) is 5.85. The first-order chi connectivity index (χ1) is 19.4. The lowest BCUT2D eigenvalue weighted by Gasteiger charge is -2.16. The number of nitrogens with zero attached hydrogens (tertiary/aromatic N) is 6. The minimum absolute atomic E-state index is 0.00105. The molecule has 1 aliphatic carbocycles. The van der Waals surface area contributed by atoms with E-state index >= 15 is 4.39 Å². The van der Waals surface area contributed by atoms with Crippen molar-refractivity contribution in [1.82, 2.24) is 24.1 Å². The van der Waals surface area contributed by atoms with Crippen molar-refractivity contribution in [3.63, 3.8) is 0 Å². The number of rotatable bonds is 7. The van der Waals surface area contributed by atoms with E-state index in [1.54, 1.807) is 36.5 Å². The summed E-state index contributed by atoms with van der Waals surface area (Å²) in [7, 11) is 0. The number of nitriles is 1. The Kier molecular flexibility index (Phi) is 6.36. The van der Waals surface area contributed by atoms with Crippen LogP contribution in [0.4, 0.5) is 10.3 Å². The molecule has 10 heteroatoms. The van der Waals surface area contributed by atoms with Crippen LogP contribution in [0.5, 0.6) is 0 Å². The number of pyridine rings is 1. The summed E-state index contributed by atoms with van der Waals surface area (Å²) in [5.41, 5.74) is 9.06. The third-order valence-corrected chi connectivity index (χ3v) is 7.31. The highest BCUT2D eigenvalue weighted by Crippen LogP contribution is 2.41. The molecule has 5 aromatic rings. The van der Waals surface area contributed by atoms with Crippen molar-refractivity contribution < 1.29 is 9.50 Å². The summed E-state index contributed by atoms with van der Waals surface area (Å²) >= 11 is 0. The van der Waals surface area contributed by atoms with E-state index in [0.29, 0.717) is 52.6 Å². The Labute approximate surface area is 229 Å². The first-order valence-corrected chi connectivity index (χ1v) is 13.1. The van der Waals surface area contributed by atoms with Crippen molar-refractivity contribution in [2.24, 2.45) is 0 Å². The van der Waals surface area contributed by atoms with E-state index in [9.17, 15) is 15.2 Å². The van der Waals surface area contributed by atoms with Crippen molar-refractivity contribution in [3.8, 4) is 23.1 Å². The second-order valence-corrected chi connectivity index (χ2v) is 9.94. The first-order valence-electron chi connectivity index (χ1n) is 13.1. The van der Waals surface area contributed by atoms with E-state index in [1.165, 1.54) is 10.6 Å². The van der Waals surface area contributed by atoms with Crippen LogP contribution >= 0.6 is 0 Å². The highest BCUT2D eigenvalue weighted by Gasteiger charge is 2.25. The predicted molar refractivity (Wildman–Crippen MR) is 148 cm³/mol. The largest absolute Gasteiger partial charge is 0.392 e. The fourth-order valence-electron chi connectivity index (χ4n) is 5.21. The molecular weight excluding hydrogens is 509 g/mol. The Bertz CT molecular complexity index is 1880. The molecule has 0 spiro atoms. The number of aromatic nitrogens is 5. The summed E-state index contributed by atoms with van der Waals surface area (Å²) in [5.74, 6) is 0.438. The molecule has 9 nitrogen and oxygen atoms in total. The number of aryl methyl sites for hydroxylation is 1. The number of hydrogen-bond acceptors (Lipinski definition) is 7. The van der Waals surface area contributed by atoms with Gasteiger partial charge in [0.25, 0.3) is 5.56 Å². The summed E-state index contributed by atoms with van der Waals surface area (Å²) in [6, 6.07) is 14.1. The molecule has 0 atom stereocenters. The van der Waals surface area contributed by atoms with Crippen LogP contribution in [0.15, 0.2) is 59.7 Å². The van der Waals surface area contributed by atoms with Crippen LogP contribution in [0, 0.1) is 17.1 Å². The number of hydrogen-bond donors (Lipinski definition) is 2. The maximum absolute atomic E-state index is 15.1. The number of halogens is 1. The number of fused-ring (bicyclic) bond motifs is 1. The van der Waals surface area contributed by atoms with Crippen LogP contribution < -0.4 is 11.3 Å². The molecular formula is C30H26FN7O2. The lowest BCUT2D eigenvalue weighted by Crippen LogP contribution is -2.20. The molecule has 200 valence electrons. The lowest BCUT2D eigenvalue weighted by atomic mass is 10.0. The smallest absolute Gasteiger partial charge is 0.265 e. The minimum Gasteiger partial charge on any atom is -0.392 e. The second-order valence-electron chi connectivity index (χ2n) is 9.94. The molecule has 1 fully saturated rings. The van der Waals surface area contributed by atoms with Gasteiger partial charge in [0.05, 0.1) is 17.7 Å². The van der Waals surface area contributed by atoms with Gasteiger partial charge in [-0.05, 0) is 66.5 Å². The Morgan fingerprint density at radius 3 is 2.70 bits per heavy atom. The number of aliphatic hydroxyl groups is 1. The maximum Gasteiger partial charge on any atom is 0.265 e. The SMILES string of the molecule is CCn1cc(Cc2nc(N)nc(-c3cccc(-n4ccc5cc(C6CC6)cc(F)c5c4=O)c3CO)n2)cc1C#N. The quantitative estimate of drug-likeness (QED) is 0.319. The third-order valence-electron chi connectivity index (χ3n) is 7.31. The monoisotopic (exact) mass is 535 g/mol. The van der Waals surface area contributed by atoms with E-state index in [-0.39, 0.29) is 17.2 Å². The Morgan fingerprint density at radius 2 is 2.00 bits per heavy atom. The number of benzene rings is 2. The van der Waals surface area contributed by atoms with Crippen LogP contribution in [-0.2, 0) is 19.6 Å². The van der Waals surface area contributed by atoms with E-state index in [1.807, 2.05) is 23.8 Å². The molecule has 6 rings (SSSR count). The van der Waals surface area contributed by atoms with Gasteiger partial charge in [-0.1, -0.05) is 18.2 Å². The van der Waals surface area contributed by atoms with Crippen molar-refractivity contribution in [3.05, 3.63) is 99.2 Å². The standard InChI is InChI=1S/C30H26FN7O2/c1-2-37-15-17(10-21(37)14-32)11-26-34-28(36-30(33)35-26)22-4-3-5-25(23(22)16-39)38-9-8-19-12-20(18-6-7-18)13-24(31)27(19)29(38)40/h3-5,8-10,12-13,15,18,39H,2,6-7,11,16H2,1H3,(H2,33,34,35,36). The van der Waals surface area contributed by atoms with E-state index in [4.69, 9.17) is 5.73 Å². The molecule has 1 saturated carbocycles. The van der Waals surface area contributed by atoms with E-state index in [2.05, 4.69) is 21.0 Å². The Hall–Kier alpha value is -4.88. The average Bonchev–Trinajstić information content (AvgIpc) is 3.73. The zero-order valence-corrected chi connectivity index (χ0v) is 21.8. The molecule has 3 aromatic heterocycles. The maximum atomic E-state index is 15.1. The molecule has 2 aromatic carbocycles. The number of nitrogens with two attached hydrogens (primary N) is 1. The molecule has 3 heterocycles. The van der Waals surface area contributed by atoms with Crippen LogP contribution in [-0.4, -0.2) is 29.2 Å². The van der Waals surface area contributed by atoms with Gasteiger partial charge in [0.15, 0.2) is 5.82 Å². The zero-order valence-electron chi connectivity index (χ0n) is 21.8. The molecule has 0 unspecified atom stereocenters. The van der Waals surface area contributed by atoms with Gasteiger partial charge in [0.2, 0.25) is 5.95 Å². The molecule has 0 radical (unpaired) electrons. The molecule has 0 amide bonds. The normalized spacial score (nSPS) is 13.1. The van der Waals surface area contributed by atoms with Crippen LogP contribution in [0.2, 0.25) is 0 Å². The van der Waals surface area contributed by atoms with Gasteiger partial charge in [-0.15, -0.1) is 0 Å². The highest BCUT2D eigenvalue weighted by molar-refractivity contribution is 5.83. The van der Waals surface area contributed by atoms with Gasteiger partial charge in [-0.2, -0.15) is 15.2 Å². The fourth-order valence-corrected chi connectivity index (χ4v) is 5.21. The summed E-state index contributed by atoms with van der Waals surface area (Å²) in [5, 5.41) is 20.3. The van der Waals surface area contributed by atoms with Gasteiger partial charge in [-0.3, -0.25) is 9.36 Å². The number of anilines is 1. The Morgan fingerprint density at radius 1 is 1.18 bits per heavy atom. The van der Waals surface area contributed by atoms with Crippen molar-refractivity contribution >= 4 is 16.7 Å².